The average Bonchev–Trinajstić information content (AvgIpc) is 2.38. The fourth-order valence-corrected chi connectivity index (χ4v) is 3.47. The molecule has 1 saturated carbocycles. The Hall–Kier alpha value is -0.340. The van der Waals surface area contributed by atoms with Gasteiger partial charge in [0.25, 0.3) is 0 Å². The van der Waals surface area contributed by atoms with E-state index in [2.05, 4.69) is 26.8 Å². The molecule has 2 nitrogen and oxygen atoms in total. The summed E-state index contributed by atoms with van der Waals surface area (Å²) in [4.78, 5) is 0. The molecule has 4 atom stereocenters. The van der Waals surface area contributed by atoms with Crippen LogP contribution in [0.1, 0.15) is 33.6 Å². The van der Waals surface area contributed by atoms with Gasteiger partial charge in [-0.1, -0.05) is 19.9 Å². The predicted molar refractivity (Wildman–Crippen MR) is 60.6 cm³/mol. The van der Waals surface area contributed by atoms with E-state index in [-0.39, 0.29) is 17.6 Å². The lowest BCUT2D eigenvalue weighted by atomic mass is 9.71. The molecule has 15 heavy (non-hydrogen) atoms. The summed E-state index contributed by atoms with van der Waals surface area (Å²) < 4.78 is 5.58. The van der Waals surface area contributed by atoms with E-state index >= 15 is 0 Å². The SMILES string of the molecule is CO[C@H]1C(C)=CC[C@@H]2[C@@H]1C[C@H](O)C2(C)C. The average molecular weight is 210 g/mol. The molecule has 1 N–H and O–H groups in total. The van der Waals surface area contributed by atoms with Crippen LogP contribution in [0.4, 0.5) is 0 Å². The number of aliphatic hydroxyl groups is 1. The van der Waals surface area contributed by atoms with Crippen LogP contribution in [0.15, 0.2) is 11.6 Å². The van der Waals surface area contributed by atoms with Crippen molar-refractivity contribution in [2.24, 2.45) is 17.3 Å². The molecular formula is C13H22O2. The molecule has 0 aliphatic heterocycles. The van der Waals surface area contributed by atoms with Gasteiger partial charge in [0.05, 0.1) is 12.2 Å². The molecule has 2 rings (SSSR count). The van der Waals surface area contributed by atoms with Gasteiger partial charge in [0.1, 0.15) is 0 Å². The maximum absolute atomic E-state index is 10.1. The molecule has 2 aliphatic rings. The Kier molecular flexibility index (Phi) is 2.68. The van der Waals surface area contributed by atoms with Crippen LogP contribution in [0.3, 0.4) is 0 Å². The highest BCUT2D eigenvalue weighted by Crippen LogP contribution is 2.53. The van der Waals surface area contributed by atoms with Crippen LogP contribution in [0.25, 0.3) is 0 Å². The van der Waals surface area contributed by atoms with E-state index in [0.717, 1.165) is 12.8 Å². The summed E-state index contributed by atoms with van der Waals surface area (Å²) in [5.74, 6) is 1.08. The maximum atomic E-state index is 10.1. The summed E-state index contributed by atoms with van der Waals surface area (Å²) in [7, 11) is 1.78. The van der Waals surface area contributed by atoms with Crippen molar-refractivity contribution >= 4 is 0 Å². The van der Waals surface area contributed by atoms with Crippen LogP contribution in [0, 0.1) is 17.3 Å². The number of ether oxygens (including phenoxy) is 1. The van der Waals surface area contributed by atoms with E-state index in [1.54, 1.807) is 7.11 Å². The first kappa shape index (κ1) is 11.2. The molecule has 0 aromatic rings. The lowest BCUT2D eigenvalue weighted by Gasteiger charge is -2.37. The topological polar surface area (TPSA) is 29.5 Å². The Morgan fingerprint density at radius 3 is 2.73 bits per heavy atom. The van der Waals surface area contributed by atoms with Crippen molar-refractivity contribution in [2.75, 3.05) is 7.11 Å². The van der Waals surface area contributed by atoms with Crippen LogP contribution < -0.4 is 0 Å². The molecule has 0 unspecified atom stereocenters. The smallest absolute Gasteiger partial charge is 0.0810 e. The van der Waals surface area contributed by atoms with Crippen LogP contribution in [0.2, 0.25) is 0 Å². The predicted octanol–water partition coefficient (Wildman–Crippen LogP) is 2.37. The molecule has 86 valence electrons. The fourth-order valence-electron chi connectivity index (χ4n) is 3.47. The molecule has 0 bridgehead atoms. The first-order chi connectivity index (χ1) is 6.98. The third-order valence-electron chi connectivity index (χ3n) is 4.61. The second-order valence-corrected chi connectivity index (χ2v) is 5.68. The molecule has 0 aromatic heterocycles. The van der Waals surface area contributed by atoms with Gasteiger partial charge in [0.2, 0.25) is 0 Å². The van der Waals surface area contributed by atoms with Crippen molar-refractivity contribution in [3.05, 3.63) is 11.6 Å². The molecule has 0 saturated heterocycles. The molecule has 0 amide bonds. The molecule has 2 aliphatic carbocycles. The number of hydrogen-bond acceptors (Lipinski definition) is 2. The van der Waals surface area contributed by atoms with Gasteiger partial charge in [-0.3, -0.25) is 0 Å². The largest absolute Gasteiger partial charge is 0.393 e. The van der Waals surface area contributed by atoms with E-state index in [9.17, 15) is 5.11 Å². The summed E-state index contributed by atoms with van der Waals surface area (Å²) in [6.07, 6.45) is 4.32. The van der Waals surface area contributed by atoms with Crippen LogP contribution in [-0.4, -0.2) is 24.4 Å². The van der Waals surface area contributed by atoms with Gasteiger partial charge in [-0.2, -0.15) is 0 Å². The number of hydrogen-bond donors (Lipinski definition) is 1. The minimum Gasteiger partial charge on any atom is -0.393 e. The molecule has 0 spiro atoms. The molecule has 0 heterocycles. The third kappa shape index (κ3) is 1.55. The lowest BCUT2D eigenvalue weighted by Crippen LogP contribution is -2.35. The Bertz CT molecular complexity index is 280. The van der Waals surface area contributed by atoms with Crippen molar-refractivity contribution in [2.45, 2.75) is 45.8 Å². The van der Waals surface area contributed by atoms with Crippen LogP contribution in [0.5, 0.6) is 0 Å². The zero-order valence-electron chi connectivity index (χ0n) is 10.2. The number of rotatable bonds is 1. The summed E-state index contributed by atoms with van der Waals surface area (Å²) >= 11 is 0. The molecule has 1 fully saturated rings. The van der Waals surface area contributed by atoms with Crippen LogP contribution in [-0.2, 0) is 4.74 Å². The van der Waals surface area contributed by atoms with Crippen molar-refractivity contribution in [1.29, 1.82) is 0 Å². The highest BCUT2D eigenvalue weighted by atomic mass is 16.5. The highest BCUT2D eigenvalue weighted by molar-refractivity contribution is 5.18. The highest BCUT2D eigenvalue weighted by Gasteiger charge is 2.51. The van der Waals surface area contributed by atoms with E-state index in [1.807, 2.05) is 0 Å². The summed E-state index contributed by atoms with van der Waals surface area (Å²) in [5.41, 5.74) is 1.38. The Labute approximate surface area is 92.3 Å². The fraction of sp³-hybridized carbons (Fsp3) is 0.846. The van der Waals surface area contributed by atoms with Gasteiger partial charge < -0.3 is 9.84 Å². The van der Waals surface area contributed by atoms with Crippen LogP contribution >= 0.6 is 0 Å². The van der Waals surface area contributed by atoms with Crippen molar-refractivity contribution < 1.29 is 9.84 Å². The van der Waals surface area contributed by atoms with E-state index in [4.69, 9.17) is 4.74 Å². The number of fused-ring (bicyclic) bond motifs is 1. The monoisotopic (exact) mass is 210 g/mol. The normalized spacial score (nSPS) is 43.7. The summed E-state index contributed by atoms with van der Waals surface area (Å²) in [6, 6.07) is 0. The standard InChI is InChI=1S/C13H22O2/c1-8-5-6-10-9(12(8)15-4)7-11(14)13(10,2)3/h5,9-12,14H,6-7H2,1-4H3/t9-,10+,11-,12-/m0/s1. The molecular weight excluding hydrogens is 188 g/mol. The van der Waals surface area contributed by atoms with Gasteiger partial charge in [0, 0.05) is 7.11 Å². The first-order valence-electron chi connectivity index (χ1n) is 5.86. The quantitative estimate of drug-likeness (QED) is 0.673. The van der Waals surface area contributed by atoms with E-state index < -0.39 is 0 Å². The number of methoxy groups -OCH3 is 1. The van der Waals surface area contributed by atoms with E-state index in [0.29, 0.717) is 11.8 Å². The minimum absolute atomic E-state index is 0.0403. The Balaban J connectivity index is 2.29. The number of allylic oxidation sites excluding steroid dienone is 1. The van der Waals surface area contributed by atoms with Gasteiger partial charge in [-0.05, 0) is 42.6 Å². The van der Waals surface area contributed by atoms with Crippen molar-refractivity contribution in [3.63, 3.8) is 0 Å². The third-order valence-corrected chi connectivity index (χ3v) is 4.61. The second kappa shape index (κ2) is 3.60. The van der Waals surface area contributed by atoms with Crippen molar-refractivity contribution in [1.82, 2.24) is 0 Å². The summed E-state index contributed by atoms with van der Waals surface area (Å²) in [6.45, 7) is 6.51. The maximum Gasteiger partial charge on any atom is 0.0810 e. The van der Waals surface area contributed by atoms with Gasteiger partial charge >= 0.3 is 0 Å². The minimum atomic E-state index is -0.176. The van der Waals surface area contributed by atoms with Gasteiger partial charge in [0.15, 0.2) is 0 Å². The van der Waals surface area contributed by atoms with E-state index in [1.165, 1.54) is 5.57 Å². The van der Waals surface area contributed by atoms with Gasteiger partial charge in [-0.25, -0.2) is 0 Å². The molecule has 0 radical (unpaired) electrons. The first-order valence-corrected chi connectivity index (χ1v) is 5.86. The Morgan fingerprint density at radius 2 is 2.13 bits per heavy atom. The summed E-state index contributed by atoms with van der Waals surface area (Å²) in [5, 5.41) is 10.1. The van der Waals surface area contributed by atoms with Gasteiger partial charge in [-0.15, -0.1) is 0 Å². The number of aliphatic hydroxyl groups excluding tert-OH is 1. The van der Waals surface area contributed by atoms with Crippen molar-refractivity contribution in [3.8, 4) is 0 Å². The molecule has 0 aromatic carbocycles. The zero-order valence-corrected chi connectivity index (χ0v) is 10.2. The second-order valence-electron chi connectivity index (χ2n) is 5.68. The Morgan fingerprint density at radius 1 is 1.47 bits per heavy atom. The molecule has 2 heteroatoms. The zero-order chi connectivity index (χ0) is 11.2. The lowest BCUT2D eigenvalue weighted by molar-refractivity contribution is 0.0314.